The Balaban J connectivity index is 1.77. The molecule has 0 atom stereocenters. The van der Waals surface area contributed by atoms with Crippen molar-refractivity contribution in [2.75, 3.05) is 6.26 Å². The average Bonchev–Trinajstić information content (AvgIpc) is 3.05. The number of hydrogen-bond acceptors (Lipinski definition) is 5. The van der Waals surface area contributed by atoms with Crippen LogP contribution in [-0.4, -0.2) is 35.2 Å². The monoisotopic (exact) mass is 420 g/mol. The summed E-state index contributed by atoms with van der Waals surface area (Å²) in [6.45, 7) is 2.01. The normalized spacial score (nSPS) is 11.5. The van der Waals surface area contributed by atoms with Gasteiger partial charge < -0.3 is 0 Å². The lowest BCUT2D eigenvalue weighted by Gasteiger charge is -2.06. The second kappa shape index (κ2) is 7.72. The van der Waals surface area contributed by atoms with Gasteiger partial charge in [-0.2, -0.15) is 5.10 Å². The molecule has 0 unspecified atom stereocenters. The van der Waals surface area contributed by atoms with E-state index in [1.54, 1.807) is 6.07 Å². The molecule has 0 aliphatic heterocycles. The highest BCUT2D eigenvalue weighted by Gasteiger charge is 2.17. The number of aryl methyl sites for hydroxylation is 1. The van der Waals surface area contributed by atoms with Crippen molar-refractivity contribution in [3.8, 4) is 11.3 Å². The fourth-order valence-electron chi connectivity index (χ4n) is 3.31. The Kier molecular flexibility index (Phi) is 5.09. The van der Waals surface area contributed by atoms with Gasteiger partial charge in [0, 0.05) is 29.4 Å². The van der Waals surface area contributed by atoms with Gasteiger partial charge >= 0.3 is 0 Å². The maximum atomic E-state index is 12.2. The van der Waals surface area contributed by atoms with Crippen LogP contribution in [0.3, 0.4) is 0 Å². The molecule has 152 valence electrons. The number of sulfonamides is 1. The molecule has 0 bridgehead atoms. The molecular weight excluding hydrogens is 400 g/mol. The zero-order valence-corrected chi connectivity index (χ0v) is 17.3. The fourth-order valence-corrected chi connectivity index (χ4v) is 3.75. The summed E-state index contributed by atoms with van der Waals surface area (Å²) in [6.07, 6.45) is 3.34. The van der Waals surface area contributed by atoms with Crippen LogP contribution in [0.1, 0.15) is 27.3 Å². The maximum absolute atomic E-state index is 12.2. The number of rotatable bonds is 5. The van der Waals surface area contributed by atoms with Crippen LogP contribution in [0, 0.1) is 6.92 Å². The molecule has 4 rings (SSSR count). The van der Waals surface area contributed by atoms with Crippen LogP contribution in [0.15, 0.2) is 66.9 Å². The van der Waals surface area contributed by atoms with Crippen LogP contribution in [-0.2, 0) is 16.4 Å². The molecule has 8 heteroatoms. The number of amides is 1. The van der Waals surface area contributed by atoms with Crippen LogP contribution >= 0.6 is 0 Å². The minimum absolute atomic E-state index is 0.0477. The first-order valence-corrected chi connectivity index (χ1v) is 11.2. The summed E-state index contributed by atoms with van der Waals surface area (Å²) < 4.78 is 26.5. The third kappa shape index (κ3) is 4.23. The third-order valence-corrected chi connectivity index (χ3v) is 5.16. The molecule has 3 heterocycles. The molecule has 1 N–H and O–H groups in total. The van der Waals surface area contributed by atoms with Gasteiger partial charge in [0.05, 0.1) is 17.5 Å². The standard InChI is InChI=1S/C22H20N4O3S/c1-15-11-12-20-18(21(24-26(20)14-15)16-7-4-3-5-8-16)13-17-9-6-10-19(23-17)22(27)25-30(2,28)29/h3-12,14H,13H2,1-2H3,(H,25,27). The Bertz CT molecular complexity index is 1350. The predicted molar refractivity (Wildman–Crippen MR) is 115 cm³/mol. The van der Waals surface area contributed by atoms with Crippen molar-refractivity contribution in [1.82, 2.24) is 19.3 Å². The highest BCUT2D eigenvalue weighted by Crippen LogP contribution is 2.28. The van der Waals surface area contributed by atoms with E-state index in [4.69, 9.17) is 5.10 Å². The quantitative estimate of drug-likeness (QED) is 0.536. The minimum atomic E-state index is -3.66. The Labute approximate surface area is 174 Å². The second-order valence-electron chi connectivity index (χ2n) is 7.12. The van der Waals surface area contributed by atoms with Crippen molar-refractivity contribution >= 4 is 21.4 Å². The summed E-state index contributed by atoms with van der Waals surface area (Å²) >= 11 is 0. The van der Waals surface area contributed by atoms with Gasteiger partial charge in [0.1, 0.15) is 5.69 Å². The predicted octanol–water partition coefficient (Wildman–Crippen LogP) is 2.98. The largest absolute Gasteiger partial charge is 0.283 e. The summed E-state index contributed by atoms with van der Waals surface area (Å²) in [6, 6.07) is 18.9. The number of carbonyl (C=O) groups is 1. The molecule has 0 aliphatic rings. The summed E-state index contributed by atoms with van der Waals surface area (Å²) in [5.74, 6) is -0.752. The van der Waals surface area contributed by atoms with E-state index in [0.29, 0.717) is 12.1 Å². The molecule has 0 saturated heterocycles. The second-order valence-corrected chi connectivity index (χ2v) is 8.87. The van der Waals surface area contributed by atoms with E-state index in [-0.39, 0.29) is 5.69 Å². The summed E-state index contributed by atoms with van der Waals surface area (Å²) in [5.41, 5.74) is 5.54. The number of aromatic nitrogens is 3. The van der Waals surface area contributed by atoms with Gasteiger partial charge in [0.25, 0.3) is 5.91 Å². The molecule has 1 amide bonds. The maximum Gasteiger partial charge on any atom is 0.283 e. The fraction of sp³-hybridized carbons (Fsp3) is 0.136. The molecule has 3 aromatic heterocycles. The minimum Gasteiger partial charge on any atom is -0.266 e. The molecule has 1 aromatic carbocycles. The van der Waals surface area contributed by atoms with Gasteiger partial charge in [0.15, 0.2) is 0 Å². The molecule has 0 fully saturated rings. The number of carbonyl (C=O) groups excluding carboxylic acids is 1. The topological polar surface area (TPSA) is 93.4 Å². The van der Waals surface area contributed by atoms with Gasteiger partial charge in [-0.1, -0.05) is 42.5 Å². The zero-order chi connectivity index (χ0) is 21.3. The van der Waals surface area contributed by atoms with Gasteiger partial charge in [-0.25, -0.2) is 22.6 Å². The first-order valence-electron chi connectivity index (χ1n) is 9.31. The van der Waals surface area contributed by atoms with Crippen molar-refractivity contribution in [2.24, 2.45) is 0 Å². The lowest BCUT2D eigenvalue weighted by atomic mass is 10.0. The van der Waals surface area contributed by atoms with Gasteiger partial charge in [-0.15, -0.1) is 0 Å². The van der Waals surface area contributed by atoms with Crippen LogP contribution in [0.4, 0.5) is 0 Å². The van der Waals surface area contributed by atoms with E-state index in [0.717, 1.165) is 34.2 Å². The SMILES string of the molecule is Cc1ccc2c(Cc3cccc(C(=O)NS(C)(=O)=O)n3)c(-c3ccccc3)nn2c1. The van der Waals surface area contributed by atoms with Gasteiger partial charge in [0.2, 0.25) is 10.0 Å². The number of fused-ring (bicyclic) bond motifs is 1. The first kappa shape index (κ1) is 19.8. The van der Waals surface area contributed by atoms with E-state index in [2.05, 4.69) is 4.98 Å². The van der Waals surface area contributed by atoms with Gasteiger partial charge in [-0.3, -0.25) is 4.79 Å². The Morgan fingerprint density at radius 3 is 2.53 bits per heavy atom. The molecule has 30 heavy (non-hydrogen) atoms. The first-order chi connectivity index (χ1) is 14.3. The van der Waals surface area contributed by atoms with Crippen molar-refractivity contribution in [3.05, 3.63) is 89.4 Å². The average molecular weight is 420 g/mol. The zero-order valence-electron chi connectivity index (χ0n) is 16.5. The van der Waals surface area contributed by atoms with Gasteiger partial charge in [-0.05, 0) is 30.7 Å². The molecule has 0 saturated carbocycles. The lowest BCUT2D eigenvalue weighted by Crippen LogP contribution is -2.30. The van der Waals surface area contributed by atoms with E-state index in [1.165, 1.54) is 6.07 Å². The molecule has 0 radical (unpaired) electrons. The number of benzene rings is 1. The van der Waals surface area contributed by atoms with E-state index in [9.17, 15) is 13.2 Å². The smallest absolute Gasteiger partial charge is 0.266 e. The molecular formula is C22H20N4O3S. The van der Waals surface area contributed by atoms with Crippen LogP contribution in [0.5, 0.6) is 0 Å². The van der Waals surface area contributed by atoms with Crippen LogP contribution in [0.2, 0.25) is 0 Å². The van der Waals surface area contributed by atoms with E-state index < -0.39 is 15.9 Å². The van der Waals surface area contributed by atoms with Crippen molar-refractivity contribution < 1.29 is 13.2 Å². The van der Waals surface area contributed by atoms with Crippen LogP contribution < -0.4 is 4.72 Å². The van der Waals surface area contributed by atoms with Crippen molar-refractivity contribution in [3.63, 3.8) is 0 Å². The highest BCUT2D eigenvalue weighted by atomic mass is 32.2. The Morgan fingerprint density at radius 1 is 1.03 bits per heavy atom. The molecule has 0 aliphatic carbocycles. The van der Waals surface area contributed by atoms with E-state index >= 15 is 0 Å². The Hall–Kier alpha value is -3.52. The molecule has 7 nitrogen and oxygen atoms in total. The number of hydrogen-bond donors (Lipinski definition) is 1. The number of nitrogens with zero attached hydrogens (tertiary/aromatic N) is 3. The highest BCUT2D eigenvalue weighted by molar-refractivity contribution is 7.89. The summed E-state index contributed by atoms with van der Waals surface area (Å²) in [5, 5.41) is 4.78. The molecule has 4 aromatic rings. The van der Waals surface area contributed by atoms with Crippen molar-refractivity contribution in [1.29, 1.82) is 0 Å². The number of pyridine rings is 2. The van der Waals surface area contributed by atoms with E-state index in [1.807, 2.05) is 70.9 Å². The summed E-state index contributed by atoms with van der Waals surface area (Å²) in [4.78, 5) is 16.6. The molecule has 0 spiro atoms. The number of nitrogens with one attached hydrogen (secondary N) is 1. The third-order valence-electron chi connectivity index (χ3n) is 4.60. The Morgan fingerprint density at radius 2 is 1.80 bits per heavy atom. The van der Waals surface area contributed by atoms with Crippen LogP contribution in [0.25, 0.3) is 16.8 Å². The van der Waals surface area contributed by atoms with Crippen molar-refractivity contribution in [2.45, 2.75) is 13.3 Å². The lowest BCUT2D eigenvalue weighted by molar-refractivity contribution is 0.0976. The summed E-state index contributed by atoms with van der Waals surface area (Å²) in [7, 11) is -3.66.